The highest BCUT2D eigenvalue weighted by Crippen LogP contribution is 2.51. The number of fused-ring (bicyclic) bond motifs is 2. The Bertz CT molecular complexity index is 235. The summed E-state index contributed by atoms with van der Waals surface area (Å²) in [5.41, 5.74) is 0.489. The van der Waals surface area contributed by atoms with Crippen LogP contribution in [0.2, 0.25) is 0 Å². The van der Waals surface area contributed by atoms with Crippen molar-refractivity contribution in [3.63, 3.8) is 0 Å². The highest BCUT2D eigenvalue weighted by molar-refractivity contribution is 5.79. The van der Waals surface area contributed by atoms with Crippen molar-refractivity contribution in [3.8, 4) is 0 Å². The summed E-state index contributed by atoms with van der Waals surface area (Å²) in [7, 11) is 0. The number of rotatable bonds is 0. The van der Waals surface area contributed by atoms with Crippen LogP contribution in [0.15, 0.2) is 0 Å². The molecule has 1 amide bonds. The molecular formula is C9H14N2O. The lowest BCUT2D eigenvalue weighted by Crippen LogP contribution is -2.54. The van der Waals surface area contributed by atoms with Gasteiger partial charge < -0.3 is 5.32 Å². The van der Waals surface area contributed by atoms with Gasteiger partial charge >= 0.3 is 0 Å². The van der Waals surface area contributed by atoms with Crippen LogP contribution in [0.3, 0.4) is 0 Å². The summed E-state index contributed by atoms with van der Waals surface area (Å²) < 4.78 is 0. The Balaban J connectivity index is 1.85. The molecule has 0 bridgehead atoms. The smallest absolute Gasteiger partial charge is 0.234 e. The first-order chi connectivity index (χ1) is 5.80. The number of amides is 1. The minimum Gasteiger partial charge on any atom is -0.353 e. The van der Waals surface area contributed by atoms with E-state index in [4.69, 9.17) is 0 Å². The second kappa shape index (κ2) is 2.02. The standard InChI is InChI=1S/C9H14N2O/c12-8-6-11-7(5-10-8)1-2-9(11)3-4-9/h7H,1-6H2,(H,10,12). The van der Waals surface area contributed by atoms with Crippen LogP contribution < -0.4 is 5.32 Å². The zero-order valence-corrected chi connectivity index (χ0v) is 7.18. The number of nitrogens with one attached hydrogen (secondary N) is 1. The van der Waals surface area contributed by atoms with Crippen LogP contribution >= 0.6 is 0 Å². The summed E-state index contributed by atoms with van der Waals surface area (Å²) in [6.07, 6.45) is 5.28. The van der Waals surface area contributed by atoms with Crippen molar-refractivity contribution in [2.24, 2.45) is 0 Å². The van der Waals surface area contributed by atoms with E-state index in [1.165, 1.54) is 25.7 Å². The largest absolute Gasteiger partial charge is 0.353 e. The van der Waals surface area contributed by atoms with E-state index in [-0.39, 0.29) is 5.91 Å². The average molecular weight is 166 g/mol. The molecule has 2 aliphatic heterocycles. The second-order valence-electron chi connectivity index (χ2n) is 4.35. The monoisotopic (exact) mass is 166 g/mol. The molecule has 3 heteroatoms. The van der Waals surface area contributed by atoms with Gasteiger partial charge in [-0.25, -0.2) is 0 Å². The average Bonchev–Trinajstić information content (AvgIpc) is 2.74. The Hall–Kier alpha value is -0.570. The number of piperazine rings is 1. The van der Waals surface area contributed by atoms with E-state index in [9.17, 15) is 4.79 Å². The van der Waals surface area contributed by atoms with E-state index in [1.807, 2.05) is 0 Å². The van der Waals surface area contributed by atoms with Gasteiger partial charge in [0.25, 0.3) is 0 Å². The predicted molar refractivity (Wildman–Crippen MR) is 44.7 cm³/mol. The molecular weight excluding hydrogens is 152 g/mol. The molecule has 3 nitrogen and oxygen atoms in total. The van der Waals surface area contributed by atoms with E-state index in [0.717, 1.165) is 6.54 Å². The van der Waals surface area contributed by atoms with Crippen molar-refractivity contribution in [2.75, 3.05) is 13.1 Å². The van der Waals surface area contributed by atoms with Crippen LogP contribution in [0.5, 0.6) is 0 Å². The second-order valence-corrected chi connectivity index (χ2v) is 4.35. The molecule has 12 heavy (non-hydrogen) atoms. The molecule has 1 spiro atoms. The molecule has 2 saturated heterocycles. The number of hydrogen-bond acceptors (Lipinski definition) is 2. The quantitative estimate of drug-likeness (QED) is 0.554. The van der Waals surface area contributed by atoms with Gasteiger partial charge in [0.05, 0.1) is 6.54 Å². The molecule has 3 aliphatic rings. The maximum absolute atomic E-state index is 11.2. The summed E-state index contributed by atoms with van der Waals surface area (Å²) in [6.45, 7) is 1.55. The molecule has 2 heterocycles. The van der Waals surface area contributed by atoms with Crippen LogP contribution in [0.1, 0.15) is 25.7 Å². The molecule has 1 unspecified atom stereocenters. The van der Waals surface area contributed by atoms with Gasteiger partial charge in [0.1, 0.15) is 0 Å². The molecule has 66 valence electrons. The van der Waals surface area contributed by atoms with Crippen molar-refractivity contribution in [1.82, 2.24) is 10.2 Å². The third-order valence-electron chi connectivity index (χ3n) is 3.67. The first-order valence-corrected chi connectivity index (χ1v) is 4.84. The van der Waals surface area contributed by atoms with E-state index >= 15 is 0 Å². The third kappa shape index (κ3) is 0.774. The van der Waals surface area contributed by atoms with Gasteiger partial charge in [0.2, 0.25) is 5.91 Å². The Kier molecular flexibility index (Phi) is 1.16. The van der Waals surface area contributed by atoms with Crippen LogP contribution in [0, 0.1) is 0 Å². The van der Waals surface area contributed by atoms with Crippen molar-refractivity contribution in [2.45, 2.75) is 37.3 Å². The van der Waals surface area contributed by atoms with E-state index in [2.05, 4.69) is 10.2 Å². The lowest BCUT2D eigenvalue weighted by Gasteiger charge is -2.33. The predicted octanol–water partition coefficient (Wildman–Crippen LogP) is 0.113. The topological polar surface area (TPSA) is 32.3 Å². The molecule has 3 rings (SSSR count). The first kappa shape index (κ1) is 6.89. The zero-order chi connectivity index (χ0) is 8.18. The highest BCUT2D eigenvalue weighted by Gasteiger charge is 2.55. The number of hydrogen-bond donors (Lipinski definition) is 1. The Morgan fingerprint density at radius 2 is 2.25 bits per heavy atom. The van der Waals surface area contributed by atoms with Gasteiger partial charge in [-0.2, -0.15) is 0 Å². The summed E-state index contributed by atoms with van der Waals surface area (Å²) in [6, 6.07) is 0.658. The molecule has 1 N–H and O–H groups in total. The van der Waals surface area contributed by atoms with Gasteiger partial charge in [-0.3, -0.25) is 9.69 Å². The summed E-state index contributed by atoms with van der Waals surface area (Å²) in [5, 5.41) is 2.94. The maximum Gasteiger partial charge on any atom is 0.234 e. The Labute approximate surface area is 72.1 Å². The van der Waals surface area contributed by atoms with Gasteiger partial charge in [0, 0.05) is 18.1 Å². The van der Waals surface area contributed by atoms with Gasteiger partial charge in [-0.15, -0.1) is 0 Å². The molecule has 0 aromatic carbocycles. The molecule has 1 saturated carbocycles. The fraction of sp³-hybridized carbons (Fsp3) is 0.889. The summed E-state index contributed by atoms with van der Waals surface area (Å²) in [5.74, 6) is 0.222. The molecule has 1 aliphatic carbocycles. The third-order valence-corrected chi connectivity index (χ3v) is 3.67. The molecule has 0 radical (unpaired) electrons. The lowest BCUT2D eigenvalue weighted by molar-refractivity contribution is -0.125. The number of carbonyl (C=O) groups excluding carboxylic acids is 1. The van der Waals surface area contributed by atoms with Crippen molar-refractivity contribution in [3.05, 3.63) is 0 Å². The van der Waals surface area contributed by atoms with Crippen molar-refractivity contribution < 1.29 is 4.79 Å². The Morgan fingerprint density at radius 1 is 1.42 bits per heavy atom. The van der Waals surface area contributed by atoms with Gasteiger partial charge in [0.15, 0.2) is 0 Å². The minimum atomic E-state index is 0.222. The fourth-order valence-corrected chi connectivity index (χ4v) is 2.75. The SMILES string of the molecule is O=C1CN2C(CCC23CC3)CN1. The first-order valence-electron chi connectivity index (χ1n) is 4.84. The van der Waals surface area contributed by atoms with Crippen LogP contribution in [0.4, 0.5) is 0 Å². The number of nitrogens with zero attached hydrogens (tertiary/aromatic N) is 1. The normalized spacial score (nSPS) is 38.0. The van der Waals surface area contributed by atoms with Crippen molar-refractivity contribution >= 4 is 5.91 Å². The zero-order valence-electron chi connectivity index (χ0n) is 7.18. The molecule has 3 fully saturated rings. The van der Waals surface area contributed by atoms with Crippen molar-refractivity contribution in [1.29, 1.82) is 0 Å². The van der Waals surface area contributed by atoms with Gasteiger partial charge in [-0.1, -0.05) is 0 Å². The van der Waals surface area contributed by atoms with E-state index in [0.29, 0.717) is 18.1 Å². The fourth-order valence-electron chi connectivity index (χ4n) is 2.75. The Morgan fingerprint density at radius 3 is 3.00 bits per heavy atom. The maximum atomic E-state index is 11.2. The molecule has 1 atom stereocenters. The van der Waals surface area contributed by atoms with E-state index < -0.39 is 0 Å². The molecule has 0 aromatic heterocycles. The van der Waals surface area contributed by atoms with Crippen LogP contribution in [0.25, 0.3) is 0 Å². The highest BCUT2D eigenvalue weighted by atomic mass is 16.2. The molecule has 0 aromatic rings. The minimum absolute atomic E-state index is 0.222. The summed E-state index contributed by atoms with van der Waals surface area (Å²) >= 11 is 0. The van der Waals surface area contributed by atoms with Gasteiger partial charge in [-0.05, 0) is 25.7 Å². The van der Waals surface area contributed by atoms with E-state index in [1.54, 1.807) is 0 Å². The number of carbonyl (C=O) groups is 1. The lowest BCUT2D eigenvalue weighted by atomic mass is 10.2. The van der Waals surface area contributed by atoms with Crippen LogP contribution in [-0.2, 0) is 4.79 Å². The summed E-state index contributed by atoms with van der Waals surface area (Å²) in [4.78, 5) is 13.6. The van der Waals surface area contributed by atoms with Crippen LogP contribution in [-0.4, -0.2) is 35.5 Å².